The van der Waals surface area contributed by atoms with Crippen LogP contribution in [0.2, 0.25) is 0 Å². The Labute approximate surface area is 115 Å². The summed E-state index contributed by atoms with van der Waals surface area (Å²) in [7, 11) is -3.81. The van der Waals surface area contributed by atoms with Crippen molar-refractivity contribution in [3.8, 4) is 0 Å². The van der Waals surface area contributed by atoms with Crippen LogP contribution < -0.4 is 0 Å². The van der Waals surface area contributed by atoms with E-state index in [2.05, 4.69) is 30.2 Å². The van der Waals surface area contributed by atoms with Crippen molar-refractivity contribution in [3.63, 3.8) is 0 Å². The molecule has 0 aliphatic carbocycles. The second-order valence-corrected chi connectivity index (χ2v) is 6.86. The van der Waals surface area contributed by atoms with E-state index in [0.717, 1.165) is 12.0 Å². The Hall–Kier alpha value is -1.36. The first-order valence-corrected chi connectivity index (χ1v) is 7.65. The maximum atomic E-state index is 11.8. The molecule has 0 spiro atoms. The first kappa shape index (κ1) is 15.7. The standard InChI is InChI=1S/C14H21NO3S/c1-6-14(4,5)12-7-9-13(10-8-12)19(16,17)18-15-11(2)3/h7-10H,6H2,1-5H3. The van der Waals surface area contributed by atoms with Crippen molar-refractivity contribution in [2.24, 2.45) is 5.16 Å². The van der Waals surface area contributed by atoms with Crippen LogP contribution in [0, 0.1) is 0 Å². The molecule has 0 N–H and O–H groups in total. The highest BCUT2D eigenvalue weighted by molar-refractivity contribution is 7.86. The van der Waals surface area contributed by atoms with Crippen LogP contribution in [0.25, 0.3) is 0 Å². The van der Waals surface area contributed by atoms with Gasteiger partial charge in [0.25, 0.3) is 0 Å². The summed E-state index contributed by atoms with van der Waals surface area (Å²) in [6.45, 7) is 9.69. The lowest BCUT2D eigenvalue weighted by molar-refractivity contribution is 0.338. The van der Waals surface area contributed by atoms with Crippen molar-refractivity contribution in [3.05, 3.63) is 29.8 Å². The first-order chi connectivity index (χ1) is 8.69. The van der Waals surface area contributed by atoms with Crippen LogP contribution in [0.1, 0.15) is 46.6 Å². The van der Waals surface area contributed by atoms with Gasteiger partial charge in [-0.25, -0.2) is 0 Å². The molecule has 0 fully saturated rings. The zero-order valence-corrected chi connectivity index (χ0v) is 12.9. The third kappa shape index (κ3) is 4.06. The van der Waals surface area contributed by atoms with E-state index in [1.54, 1.807) is 26.0 Å². The molecule has 106 valence electrons. The minimum absolute atomic E-state index is 0.0291. The van der Waals surface area contributed by atoms with Gasteiger partial charge in [-0.1, -0.05) is 38.1 Å². The van der Waals surface area contributed by atoms with Crippen molar-refractivity contribution >= 4 is 15.8 Å². The van der Waals surface area contributed by atoms with Gasteiger partial charge in [0.2, 0.25) is 0 Å². The van der Waals surface area contributed by atoms with Gasteiger partial charge in [0.15, 0.2) is 0 Å². The molecule has 0 aliphatic rings. The van der Waals surface area contributed by atoms with E-state index in [1.807, 2.05) is 12.1 Å². The van der Waals surface area contributed by atoms with Gasteiger partial charge in [0.1, 0.15) is 4.90 Å². The molecule has 5 heteroatoms. The predicted molar refractivity (Wildman–Crippen MR) is 76.8 cm³/mol. The smallest absolute Gasteiger partial charge is 0.265 e. The van der Waals surface area contributed by atoms with E-state index in [-0.39, 0.29) is 10.3 Å². The van der Waals surface area contributed by atoms with Crippen LogP contribution in [0.4, 0.5) is 0 Å². The lowest BCUT2D eigenvalue weighted by Gasteiger charge is -2.23. The van der Waals surface area contributed by atoms with E-state index in [1.165, 1.54) is 0 Å². The zero-order valence-electron chi connectivity index (χ0n) is 12.1. The highest BCUT2D eigenvalue weighted by Crippen LogP contribution is 2.27. The van der Waals surface area contributed by atoms with E-state index in [0.29, 0.717) is 5.71 Å². The van der Waals surface area contributed by atoms with Gasteiger partial charge in [-0.15, -0.1) is 0 Å². The van der Waals surface area contributed by atoms with E-state index in [9.17, 15) is 8.42 Å². The lowest BCUT2D eigenvalue weighted by atomic mass is 9.82. The van der Waals surface area contributed by atoms with E-state index in [4.69, 9.17) is 0 Å². The van der Waals surface area contributed by atoms with Gasteiger partial charge in [-0.05, 0) is 43.4 Å². The Kier molecular flexibility index (Phi) is 4.74. The Morgan fingerprint density at radius 2 is 1.74 bits per heavy atom. The highest BCUT2D eigenvalue weighted by atomic mass is 32.2. The minimum Gasteiger partial charge on any atom is -0.265 e. The fraction of sp³-hybridized carbons (Fsp3) is 0.500. The summed E-state index contributed by atoms with van der Waals surface area (Å²) in [6, 6.07) is 6.76. The average molecular weight is 283 g/mol. The Morgan fingerprint density at radius 3 is 2.16 bits per heavy atom. The molecular formula is C14H21NO3S. The summed E-state index contributed by atoms with van der Waals surface area (Å²) >= 11 is 0. The van der Waals surface area contributed by atoms with Crippen LogP contribution >= 0.6 is 0 Å². The maximum absolute atomic E-state index is 11.8. The lowest BCUT2D eigenvalue weighted by Crippen LogP contribution is -2.15. The number of oxime groups is 1. The zero-order chi connectivity index (χ0) is 14.7. The maximum Gasteiger partial charge on any atom is 0.358 e. The van der Waals surface area contributed by atoms with Gasteiger partial charge >= 0.3 is 10.1 Å². The minimum atomic E-state index is -3.81. The Balaban J connectivity index is 3.03. The van der Waals surface area contributed by atoms with Crippen molar-refractivity contribution in [2.75, 3.05) is 0 Å². The van der Waals surface area contributed by atoms with Gasteiger partial charge < -0.3 is 0 Å². The number of hydrogen-bond donors (Lipinski definition) is 0. The fourth-order valence-electron chi connectivity index (χ4n) is 1.44. The molecule has 0 bridgehead atoms. The predicted octanol–water partition coefficient (Wildman–Crippen LogP) is 3.48. The summed E-state index contributed by atoms with van der Waals surface area (Å²) in [5.74, 6) is 0. The molecule has 0 amide bonds. The van der Waals surface area contributed by atoms with Crippen molar-refractivity contribution in [1.29, 1.82) is 0 Å². The molecule has 1 aromatic carbocycles. The molecule has 0 aliphatic heterocycles. The third-order valence-electron chi connectivity index (χ3n) is 3.13. The number of rotatable bonds is 5. The summed E-state index contributed by atoms with van der Waals surface area (Å²) < 4.78 is 28.3. The molecule has 0 saturated heterocycles. The van der Waals surface area contributed by atoms with Crippen LogP contribution in [-0.4, -0.2) is 14.1 Å². The second kappa shape index (κ2) is 5.74. The monoisotopic (exact) mass is 283 g/mol. The Morgan fingerprint density at radius 1 is 1.21 bits per heavy atom. The van der Waals surface area contributed by atoms with Gasteiger partial charge in [-0.3, -0.25) is 4.28 Å². The van der Waals surface area contributed by atoms with Crippen molar-refractivity contribution in [2.45, 2.75) is 51.3 Å². The molecule has 0 heterocycles. The molecule has 0 radical (unpaired) electrons. The third-order valence-corrected chi connectivity index (χ3v) is 4.25. The topological polar surface area (TPSA) is 55.7 Å². The Bertz CT molecular complexity index is 553. The number of benzene rings is 1. The van der Waals surface area contributed by atoms with Crippen LogP contribution in [-0.2, 0) is 19.8 Å². The SMILES string of the molecule is CCC(C)(C)c1ccc(S(=O)(=O)ON=C(C)C)cc1. The quantitative estimate of drug-likeness (QED) is 0.614. The second-order valence-electron chi connectivity index (χ2n) is 5.33. The summed E-state index contributed by atoms with van der Waals surface area (Å²) in [5, 5.41) is 3.49. The van der Waals surface area contributed by atoms with Crippen LogP contribution in [0.15, 0.2) is 34.3 Å². The van der Waals surface area contributed by atoms with Gasteiger partial charge in [-0.2, -0.15) is 8.42 Å². The fourth-order valence-corrected chi connectivity index (χ4v) is 2.25. The van der Waals surface area contributed by atoms with Gasteiger partial charge in [0, 0.05) is 0 Å². The van der Waals surface area contributed by atoms with Crippen LogP contribution in [0.5, 0.6) is 0 Å². The number of hydrogen-bond acceptors (Lipinski definition) is 4. The molecule has 0 aromatic heterocycles. The molecule has 0 saturated carbocycles. The molecule has 0 unspecified atom stereocenters. The molecule has 4 nitrogen and oxygen atoms in total. The van der Waals surface area contributed by atoms with Crippen molar-refractivity contribution in [1.82, 2.24) is 0 Å². The number of nitrogens with zero attached hydrogens (tertiary/aromatic N) is 1. The van der Waals surface area contributed by atoms with E-state index >= 15 is 0 Å². The average Bonchev–Trinajstić information content (AvgIpc) is 2.37. The van der Waals surface area contributed by atoms with Gasteiger partial charge in [0.05, 0.1) is 5.71 Å². The summed E-state index contributed by atoms with van der Waals surface area (Å²) in [5.41, 5.74) is 1.68. The normalized spacial score (nSPS) is 12.1. The molecule has 1 aromatic rings. The van der Waals surface area contributed by atoms with E-state index < -0.39 is 10.1 Å². The van der Waals surface area contributed by atoms with Crippen molar-refractivity contribution < 1.29 is 12.7 Å². The van der Waals surface area contributed by atoms with Crippen LogP contribution in [0.3, 0.4) is 0 Å². The molecule has 1 rings (SSSR count). The molecule has 0 atom stereocenters. The summed E-state index contributed by atoms with van der Waals surface area (Å²) in [6.07, 6.45) is 0.981. The largest absolute Gasteiger partial charge is 0.358 e. The first-order valence-electron chi connectivity index (χ1n) is 6.24. The highest BCUT2D eigenvalue weighted by Gasteiger charge is 2.20. The molecule has 19 heavy (non-hydrogen) atoms. The summed E-state index contributed by atoms with van der Waals surface area (Å²) in [4.78, 5) is 0.119. The molecular weight excluding hydrogens is 262 g/mol.